The lowest BCUT2D eigenvalue weighted by Crippen LogP contribution is -2.27. The highest BCUT2D eigenvalue weighted by molar-refractivity contribution is 8.00. The van der Waals surface area contributed by atoms with Gasteiger partial charge < -0.3 is 0 Å². The Morgan fingerprint density at radius 2 is 2.29 bits per heavy atom. The Bertz CT molecular complexity index is 246. The Morgan fingerprint density at radius 3 is 2.79 bits per heavy atom. The van der Waals surface area contributed by atoms with Crippen molar-refractivity contribution in [2.45, 2.75) is 39.0 Å². The van der Waals surface area contributed by atoms with Crippen molar-refractivity contribution in [1.29, 1.82) is 5.26 Å². The van der Waals surface area contributed by atoms with Crippen LogP contribution in [0.1, 0.15) is 39.0 Å². The van der Waals surface area contributed by atoms with Crippen LogP contribution in [-0.2, 0) is 4.79 Å². The predicted octanol–water partition coefficient (Wildman–Crippen LogP) is 2.78. The molecule has 1 aliphatic rings. The summed E-state index contributed by atoms with van der Waals surface area (Å²) in [5, 5.41) is 9.06. The Morgan fingerprint density at radius 1 is 1.50 bits per heavy atom. The maximum Gasteiger partial charge on any atom is 0.163 e. The van der Waals surface area contributed by atoms with E-state index in [1.165, 1.54) is 12.8 Å². The first-order valence-electron chi connectivity index (χ1n) is 5.27. The van der Waals surface area contributed by atoms with Gasteiger partial charge in [-0.1, -0.05) is 32.6 Å². The first-order chi connectivity index (χ1) is 6.75. The first kappa shape index (κ1) is 11.6. The van der Waals surface area contributed by atoms with Crippen molar-refractivity contribution >= 4 is 17.5 Å². The van der Waals surface area contributed by atoms with Gasteiger partial charge in [-0.15, -0.1) is 0 Å². The molecule has 1 rings (SSSR count). The molecule has 0 aromatic rings. The zero-order valence-electron chi connectivity index (χ0n) is 8.71. The van der Waals surface area contributed by atoms with Crippen molar-refractivity contribution < 1.29 is 4.79 Å². The molecule has 14 heavy (non-hydrogen) atoms. The highest BCUT2D eigenvalue weighted by Crippen LogP contribution is 2.36. The van der Waals surface area contributed by atoms with Gasteiger partial charge in [0.15, 0.2) is 5.78 Å². The van der Waals surface area contributed by atoms with Crippen LogP contribution >= 0.6 is 11.8 Å². The van der Waals surface area contributed by atoms with E-state index in [0.29, 0.717) is 11.5 Å². The molecule has 1 fully saturated rings. The van der Waals surface area contributed by atoms with E-state index >= 15 is 0 Å². The summed E-state index contributed by atoms with van der Waals surface area (Å²) in [6, 6.07) is 2.23. The van der Waals surface area contributed by atoms with Gasteiger partial charge in [0.1, 0.15) is 5.41 Å². The van der Waals surface area contributed by atoms with Crippen molar-refractivity contribution in [1.82, 2.24) is 0 Å². The summed E-state index contributed by atoms with van der Waals surface area (Å²) in [6.45, 7) is 2.16. The molecule has 0 aromatic carbocycles. The molecule has 0 spiro atoms. The zero-order chi connectivity index (χ0) is 10.4. The van der Waals surface area contributed by atoms with Crippen molar-refractivity contribution in [3.8, 4) is 6.07 Å². The van der Waals surface area contributed by atoms with Gasteiger partial charge in [0.2, 0.25) is 0 Å². The highest BCUT2D eigenvalue weighted by Gasteiger charge is 2.42. The van der Waals surface area contributed by atoms with Gasteiger partial charge in [-0.2, -0.15) is 17.0 Å². The predicted molar refractivity (Wildman–Crippen MR) is 59.1 cm³/mol. The summed E-state index contributed by atoms with van der Waals surface area (Å²) in [4.78, 5) is 11.5. The maximum atomic E-state index is 11.5. The Labute approximate surface area is 90.1 Å². The summed E-state index contributed by atoms with van der Waals surface area (Å²) in [5.74, 6) is 1.41. The number of hydrogen-bond donors (Lipinski definition) is 0. The monoisotopic (exact) mass is 211 g/mol. The lowest BCUT2D eigenvalue weighted by atomic mass is 9.82. The van der Waals surface area contributed by atoms with Crippen LogP contribution in [0.25, 0.3) is 0 Å². The van der Waals surface area contributed by atoms with Crippen LogP contribution in [0.15, 0.2) is 0 Å². The minimum atomic E-state index is -0.627. The number of nitriles is 1. The van der Waals surface area contributed by atoms with Gasteiger partial charge in [-0.05, 0) is 6.42 Å². The van der Waals surface area contributed by atoms with Crippen LogP contribution in [0.3, 0.4) is 0 Å². The number of carbonyl (C=O) groups excluding carboxylic acids is 1. The molecule has 0 N–H and O–H groups in total. The van der Waals surface area contributed by atoms with Crippen LogP contribution in [-0.4, -0.2) is 17.3 Å². The molecule has 0 amide bonds. The van der Waals surface area contributed by atoms with E-state index in [-0.39, 0.29) is 5.78 Å². The Kier molecular flexibility index (Phi) is 4.47. The summed E-state index contributed by atoms with van der Waals surface area (Å²) >= 11 is 1.61. The van der Waals surface area contributed by atoms with E-state index in [1.807, 2.05) is 0 Å². The molecule has 1 heterocycles. The van der Waals surface area contributed by atoms with Gasteiger partial charge in [-0.3, -0.25) is 4.79 Å². The molecule has 2 nitrogen and oxygen atoms in total. The second kappa shape index (κ2) is 5.41. The molecule has 1 aliphatic heterocycles. The number of carbonyl (C=O) groups is 1. The third kappa shape index (κ3) is 2.51. The molecule has 0 saturated carbocycles. The van der Waals surface area contributed by atoms with E-state index in [4.69, 9.17) is 5.26 Å². The summed E-state index contributed by atoms with van der Waals surface area (Å²) in [7, 11) is 0. The normalized spacial score (nSPS) is 26.4. The second-order valence-corrected chi connectivity index (χ2v) is 4.91. The quantitative estimate of drug-likeness (QED) is 0.656. The molecule has 0 aromatic heterocycles. The van der Waals surface area contributed by atoms with E-state index in [9.17, 15) is 4.79 Å². The van der Waals surface area contributed by atoms with Crippen molar-refractivity contribution in [2.75, 3.05) is 11.5 Å². The molecular formula is C11H17NOS. The summed E-state index contributed by atoms with van der Waals surface area (Å²) in [5.41, 5.74) is -0.627. The number of rotatable bonds is 5. The van der Waals surface area contributed by atoms with Gasteiger partial charge in [0.25, 0.3) is 0 Å². The van der Waals surface area contributed by atoms with Crippen LogP contribution in [0, 0.1) is 16.7 Å². The van der Waals surface area contributed by atoms with E-state index in [0.717, 1.165) is 19.3 Å². The van der Waals surface area contributed by atoms with Crippen LogP contribution in [0.5, 0.6) is 0 Å². The number of nitrogens with zero attached hydrogens (tertiary/aromatic N) is 1. The summed E-state index contributed by atoms with van der Waals surface area (Å²) < 4.78 is 0. The first-order valence-corrected chi connectivity index (χ1v) is 6.43. The highest BCUT2D eigenvalue weighted by atomic mass is 32.2. The SMILES string of the molecule is CCCCCCC1(C#N)CSCC1=O. The topological polar surface area (TPSA) is 40.9 Å². The molecule has 0 aliphatic carbocycles. The van der Waals surface area contributed by atoms with Gasteiger partial charge >= 0.3 is 0 Å². The molecule has 0 bridgehead atoms. The minimum Gasteiger partial charge on any atom is -0.297 e. The minimum absolute atomic E-state index is 0.154. The largest absolute Gasteiger partial charge is 0.297 e. The third-order valence-electron chi connectivity index (χ3n) is 2.79. The second-order valence-electron chi connectivity index (χ2n) is 3.92. The lowest BCUT2D eigenvalue weighted by molar-refractivity contribution is -0.122. The van der Waals surface area contributed by atoms with E-state index < -0.39 is 5.41 Å². The van der Waals surface area contributed by atoms with Gasteiger partial charge in [-0.25, -0.2) is 0 Å². The average Bonchev–Trinajstić information content (AvgIpc) is 2.56. The maximum absolute atomic E-state index is 11.5. The van der Waals surface area contributed by atoms with Crippen LogP contribution in [0.4, 0.5) is 0 Å². The standard InChI is InChI=1S/C11H17NOS/c1-2-3-4-5-6-11(8-12)9-14-7-10(11)13/h2-7,9H2,1H3. The fraction of sp³-hybridized carbons (Fsp3) is 0.818. The fourth-order valence-electron chi connectivity index (χ4n) is 1.75. The molecule has 1 atom stereocenters. The molecule has 1 saturated heterocycles. The zero-order valence-corrected chi connectivity index (χ0v) is 9.53. The van der Waals surface area contributed by atoms with Gasteiger partial charge in [0, 0.05) is 5.75 Å². The van der Waals surface area contributed by atoms with Crippen LogP contribution < -0.4 is 0 Å². The molecular weight excluding hydrogens is 194 g/mol. The van der Waals surface area contributed by atoms with E-state index in [2.05, 4.69) is 13.0 Å². The Hall–Kier alpha value is -0.490. The number of unbranched alkanes of at least 4 members (excludes halogenated alkanes) is 3. The fourth-order valence-corrected chi connectivity index (χ4v) is 3.03. The lowest BCUT2D eigenvalue weighted by Gasteiger charge is -2.16. The molecule has 1 unspecified atom stereocenters. The Balaban J connectivity index is 2.39. The molecule has 0 radical (unpaired) electrons. The number of hydrogen-bond acceptors (Lipinski definition) is 3. The van der Waals surface area contributed by atoms with Crippen molar-refractivity contribution in [2.24, 2.45) is 5.41 Å². The average molecular weight is 211 g/mol. The summed E-state index contributed by atoms with van der Waals surface area (Å²) in [6.07, 6.45) is 5.35. The molecule has 78 valence electrons. The molecule has 3 heteroatoms. The van der Waals surface area contributed by atoms with E-state index in [1.54, 1.807) is 11.8 Å². The smallest absolute Gasteiger partial charge is 0.163 e. The van der Waals surface area contributed by atoms with Crippen molar-refractivity contribution in [3.05, 3.63) is 0 Å². The third-order valence-corrected chi connectivity index (χ3v) is 3.95. The van der Waals surface area contributed by atoms with Gasteiger partial charge in [0.05, 0.1) is 11.8 Å². The number of thioether (sulfide) groups is 1. The number of Topliss-reactive ketones (excluding diaryl/α,β-unsaturated/α-hetero) is 1. The van der Waals surface area contributed by atoms with Crippen LogP contribution in [0.2, 0.25) is 0 Å². The van der Waals surface area contributed by atoms with Crippen molar-refractivity contribution in [3.63, 3.8) is 0 Å². The number of ketones is 1.